The van der Waals surface area contributed by atoms with Crippen LogP contribution in [0.2, 0.25) is 5.02 Å². The minimum absolute atomic E-state index is 0.0514. The van der Waals surface area contributed by atoms with Crippen molar-refractivity contribution >= 4 is 22.8 Å². The van der Waals surface area contributed by atoms with E-state index in [1.807, 2.05) is 27.7 Å². The van der Waals surface area contributed by atoms with Crippen LogP contribution in [0.4, 0.5) is 0 Å². The molecule has 0 bridgehead atoms. The predicted molar refractivity (Wildman–Crippen MR) is 99.8 cm³/mol. The first-order valence-corrected chi connectivity index (χ1v) is 8.67. The second-order valence-electron chi connectivity index (χ2n) is 6.83. The molecule has 0 N–H and O–H groups in total. The number of halogens is 1. The molecule has 0 aliphatic carbocycles. The smallest absolute Gasteiger partial charge is 0.322 e. The highest BCUT2D eigenvalue weighted by Gasteiger charge is 2.20. The maximum atomic E-state index is 13.1. The summed E-state index contributed by atoms with van der Waals surface area (Å²) in [5.74, 6) is 0.158. The van der Waals surface area contributed by atoms with E-state index in [0.717, 1.165) is 0 Å². The lowest BCUT2D eigenvalue weighted by atomic mass is 10.2. The Morgan fingerprint density at radius 3 is 2.48 bits per heavy atom. The molecular formula is C18H21ClN4O2. The molecule has 2 heterocycles. The van der Waals surface area contributed by atoms with E-state index in [-0.39, 0.29) is 17.5 Å². The van der Waals surface area contributed by atoms with Gasteiger partial charge in [0.1, 0.15) is 0 Å². The third kappa shape index (κ3) is 3.02. The molecule has 1 aromatic carbocycles. The maximum absolute atomic E-state index is 13.1. The van der Waals surface area contributed by atoms with Gasteiger partial charge >= 0.3 is 5.69 Å². The summed E-state index contributed by atoms with van der Waals surface area (Å²) in [6.45, 7) is 8.24. The fourth-order valence-corrected chi connectivity index (χ4v) is 3.10. The highest BCUT2D eigenvalue weighted by molar-refractivity contribution is 6.30. The molecule has 7 heteroatoms. The van der Waals surface area contributed by atoms with Crippen molar-refractivity contribution in [3.8, 4) is 5.69 Å². The fourth-order valence-electron chi connectivity index (χ4n) is 2.91. The van der Waals surface area contributed by atoms with Crippen molar-refractivity contribution in [2.45, 2.75) is 40.3 Å². The zero-order valence-electron chi connectivity index (χ0n) is 14.7. The van der Waals surface area contributed by atoms with Crippen LogP contribution in [0, 0.1) is 5.92 Å². The molecule has 3 rings (SSSR count). The van der Waals surface area contributed by atoms with E-state index < -0.39 is 5.69 Å². The van der Waals surface area contributed by atoms with Gasteiger partial charge in [-0.2, -0.15) is 0 Å². The maximum Gasteiger partial charge on any atom is 0.337 e. The molecule has 0 radical (unpaired) electrons. The van der Waals surface area contributed by atoms with E-state index in [1.54, 1.807) is 35.2 Å². The van der Waals surface area contributed by atoms with Gasteiger partial charge in [0.25, 0.3) is 5.56 Å². The van der Waals surface area contributed by atoms with Gasteiger partial charge in [0.2, 0.25) is 0 Å². The van der Waals surface area contributed by atoms with Crippen LogP contribution in [0.25, 0.3) is 16.9 Å². The molecule has 0 saturated carbocycles. The third-order valence-corrected chi connectivity index (χ3v) is 4.26. The molecule has 25 heavy (non-hydrogen) atoms. The number of nitrogens with zero attached hydrogens (tertiary/aromatic N) is 4. The first-order chi connectivity index (χ1) is 11.8. The molecule has 0 atom stereocenters. The molecule has 0 amide bonds. The van der Waals surface area contributed by atoms with Crippen molar-refractivity contribution < 1.29 is 0 Å². The Balaban J connectivity index is 2.47. The van der Waals surface area contributed by atoms with Gasteiger partial charge in [-0.25, -0.2) is 14.3 Å². The molecular weight excluding hydrogens is 340 g/mol. The lowest BCUT2D eigenvalue weighted by Gasteiger charge is -2.15. The van der Waals surface area contributed by atoms with Crippen LogP contribution in [-0.4, -0.2) is 18.7 Å². The summed E-state index contributed by atoms with van der Waals surface area (Å²) in [6, 6.07) is 7.04. The van der Waals surface area contributed by atoms with Gasteiger partial charge in [-0.1, -0.05) is 31.5 Å². The standard InChI is InChI=1S/C18H21ClN4O2/c1-11(2)9-21-17(24)15-16(20-10-22(15)12(3)4)23(18(21)25)14-7-5-6-13(19)8-14/h5-8,10-12H,9H2,1-4H3. The average molecular weight is 361 g/mol. The summed E-state index contributed by atoms with van der Waals surface area (Å²) >= 11 is 6.10. The second kappa shape index (κ2) is 6.52. The Bertz CT molecular complexity index is 1040. The van der Waals surface area contributed by atoms with Crippen molar-refractivity contribution in [1.82, 2.24) is 18.7 Å². The molecule has 2 aromatic heterocycles. The largest absolute Gasteiger partial charge is 0.337 e. The summed E-state index contributed by atoms with van der Waals surface area (Å²) < 4.78 is 4.55. The van der Waals surface area contributed by atoms with Gasteiger partial charge in [-0.15, -0.1) is 0 Å². The average Bonchev–Trinajstić information content (AvgIpc) is 2.96. The lowest BCUT2D eigenvalue weighted by Crippen LogP contribution is -2.41. The molecule has 132 valence electrons. The van der Waals surface area contributed by atoms with Gasteiger partial charge in [0.15, 0.2) is 11.2 Å². The van der Waals surface area contributed by atoms with Crippen LogP contribution in [-0.2, 0) is 6.54 Å². The van der Waals surface area contributed by atoms with Crippen LogP contribution >= 0.6 is 11.6 Å². The molecule has 0 spiro atoms. The first-order valence-electron chi connectivity index (χ1n) is 8.29. The van der Waals surface area contributed by atoms with Crippen molar-refractivity contribution in [2.75, 3.05) is 0 Å². The minimum atomic E-state index is -0.400. The summed E-state index contributed by atoms with van der Waals surface area (Å²) in [7, 11) is 0. The third-order valence-electron chi connectivity index (χ3n) is 4.03. The first kappa shape index (κ1) is 17.5. The Hall–Kier alpha value is -2.34. The van der Waals surface area contributed by atoms with E-state index in [4.69, 9.17) is 11.6 Å². The van der Waals surface area contributed by atoms with Crippen molar-refractivity contribution in [3.63, 3.8) is 0 Å². The van der Waals surface area contributed by atoms with Crippen molar-refractivity contribution in [3.05, 3.63) is 56.5 Å². The van der Waals surface area contributed by atoms with Crippen LogP contribution in [0.3, 0.4) is 0 Å². The van der Waals surface area contributed by atoms with E-state index in [2.05, 4.69) is 4.98 Å². The normalized spacial score (nSPS) is 11.8. The Kier molecular flexibility index (Phi) is 4.56. The van der Waals surface area contributed by atoms with Gasteiger partial charge in [-0.3, -0.25) is 9.36 Å². The number of aromatic nitrogens is 4. The van der Waals surface area contributed by atoms with Gasteiger partial charge in [0.05, 0.1) is 12.0 Å². The van der Waals surface area contributed by atoms with Crippen LogP contribution in [0.1, 0.15) is 33.7 Å². The lowest BCUT2D eigenvalue weighted by molar-refractivity contribution is 0.487. The number of fused-ring (bicyclic) bond motifs is 1. The highest BCUT2D eigenvalue weighted by Crippen LogP contribution is 2.19. The number of imidazole rings is 1. The van der Waals surface area contributed by atoms with E-state index >= 15 is 0 Å². The van der Waals surface area contributed by atoms with Crippen molar-refractivity contribution in [1.29, 1.82) is 0 Å². The minimum Gasteiger partial charge on any atom is -0.322 e. The molecule has 0 saturated heterocycles. The van der Waals surface area contributed by atoms with Crippen LogP contribution < -0.4 is 11.2 Å². The topological polar surface area (TPSA) is 61.8 Å². The Morgan fingerprint density at radius 1 is 1.16 bits per heavy atom. The Labute approximate surface area is 150 Å². The van der Waals surface area contributed by atoms with E-state index in [1.165, 1.54) is 9.13 Å². The summed E-state index contributed by atoms with van der Waals surface area (Å²) in [5.41, 5.74) is 0.663. The molecule has 3 aromatic rings. The molecule has 0 aliphatic heterocycles. The fraction of sp³-hybridized carbons (Fsp3) is 0.389. The molecule has 0 fully saturated rings. The number of benzene rings is 1. The van der Waals surface area contributed by atoms with E-state index in [9.17, 15) is 9.59 Å². The molecule has 0 aliphatic rings. The van der Waals surface area contributed by atoms with Crippen LogP contribution in [0.15, 0.2) is 40.2 Å². The van der Waals surface area contributed by atoms with Gasteiger partial charge in [0, 0.05) is 17.6 Å². The summed E-state index contributed by atoms with van der Waals surface area (Å²) in [6.07, 6.45) is 1.61. The summed E-state index contributed by atoms with van der Waals surface area (Å²) in [4.78, 5) is 30.4. The highest BCUT2D eigenvalue weighted by atomic mass is 35.5. The quantitative estimate of drug-likeness (QED) is 0.717. The SMILES string of the molecule is CC(C)Cn1c(=O)c2c(ncn2C(C)C)n(-c2cccc(Cl)c2)c1=O. The van der Waals surface area contributed by atoms with Gasteiger partial charge < -0.3 is 4.57 Å². The van der Waals surface area contributed by atoms with Crippen molar-refractivity contribution in [2.24, 2.45) is 5.92 Å². The Morgan fingerprint density at radius 2 is 1.88 bits per heavy atom. The van der Waals surface area contributed by atoms with Crippen LogP contribution in [0.5, 0.6) is 0 Å². The number of rotatable bonds is 4. The zero-order chi connectivity index (χ0) is 18.3. The molecule has 6 nitrogen and oxygen atoms in total. The van der Waals surface area contributed by atoms with E-state index in [0.29, 0.717) is 28.4 Å². The zero-order valence-corrected chi connectivity index (χ0v) is 15.5. The van der Waals surface area contributed by atoms with Gasteiger partial charge in [-0.05, 0) is 38.0 Å². The summed E-state index contributed by atoms with van der Waals surface area (Å²) in [5, 5.41) is 0.516. The monoisotopic (exact) mass is 360 g/mol. The second-order valence-corrected chi connectivity index (χ2v) is 7.26. The predicted octanol–water partition coefficient (Wildman–Crippen LogP) is 3.24. The number of hydrogen-bond donors (Lipinski definition) is 0. The molecule has 0 unspecified atom stereocenters. The number of hydrogen-bond acceptors (Lipinski definition) is 3.